The summed E-state index contributed by atoms with van der Waals surface area (Å²) in [6.45, 7) is 0. The van der Waals surface area contributed by atoms with Gasteiger partial charge in [-0.2, -0.15) is 0 Å². The normalized spacial score (nSPS) is 11.3. The lowest BCUT2D eigenvalue weighted by molar-refractivity contribution is -0.131. The summed E-state index contributed by atoms with van der Waals surface area (Å²) in [5.74, 6) is -0.985. The number of aliphatic carboxylic acids is 1. The number of halogens is 1. The van der Waals surface area contributed by atoms with Crippen LogP contribution in [-0.4, -0.2) is 11.1 Å². The Balaban J connectivity index is 2.57. The molecule has 2 rings (SSSR count). The molecule has 3 nitrogen and oxygen atoms in total. The first kappa shape index (κ1) is 9.80. The first-order valence-corrected chi connectivity index (χ1v) is 4.63. The minimum atomic E-state index is -0.985. The van der Waals surface area contributed by atoms with Crippen LogP contribution in [0.25, 0.3) is 17.0 Å². The number of hydrogen-bond donors (Lipinski definition) is 1. The number of furan rings is 1. The van der Waals surface area contributed by atoms with Gasteiger partial charge in [0.15, 0.2) is 5.58 Å². The van der Waals surface area contributed by atoms with Crippen molar-refractivity contribution >= 4 is 34.6 Å². The molecule has 0 saturated carbocycles. The Hall–Kier alpha value is -1.74. The molecule has 0 unspecified atom stereocenters. The number of carboxylic acid groups (broad SMARTS) is 1. The molecule has 1 aromatic heterocycles. The summed E-state index contributed by atoms with van der Waals surface area (Å²) in [6, 6.07) is 5.18. The van der Waals surface area contributed by atoms with Crippen molar-refractivity contribution in [2.45, 2.75) is 0 Å². The van der Waals surface area contributed by atoms with Crippen LogP contribution in [0.1, 0.15) is 5.56 Å². The quantitative estimate of drug-likeness (QED) is 0.794. The fourth-order valence-corrected chi connectivity index (χ4v) is 1.57. The zero-order valence-electron chi connectivity index (χ0n) is 7.61. The summed E-state index contributed by atoms with van der Waals surface area (Å²) < 4.78 is 5.18. The Labute approximate surface area is 90.6 Å². The molecular formula is C11H7ClO3. The van der Waals surface area contributed by atoms with Crippen LogP contribution >= 0.6 is 11.6 Å². The van der Waals surface area contributed by atoms with Gasteiger partial charge in [0.05, 0.1) is 11.3 Å². The van der Waals surface area contributed by atoms with Crippen LogP contribution in [0, 0.1) is 0 Å². The number of carboxylic acids is 1. The Morgan fingerprint density at radius 3 is 2.93 bits per heavy atom. The third-order valence-electron chi connectivity index (χ3n) is 2.01. The van der Waals surface area contributed by atoms with Crippen LogP contribution in [0.3, 0.4) is 0 Å². The first-order chi connectivity index (χ1) is 7.18. The van der Waals surface area contributed by atoms with Gasteiger partial charge in [0, 0.05) is 11.5 Å². The molecule has 0 aliphatic heterocycles. The molecule has 76 valence electrons. The van der Waals surface area contributed by atoms with Crippen molar-refractivity contribution < 1.29 is 14.3 Å². The van der Waals surface area contributed by atoms with E-state index >= 15 is 0 Å². The SMILES string of the molecule is O=C(O)/C=C/c1ccc(Cl)c2occc12. The maximum absolute atomic E-state index is 10.4. The maximum Gasteiger partial charge on any atom is 0.328 e. The van der Waals surface area contributed by atoms with Gasteiger partial charge in [0.2, 0.25) is 0 Å². The molecule has 0 saturated heterocycles. The molecule has 0 amide bonds. The Morgan fingerprint density at radius 1 is 1.40 bits per heavy atom. The summed E-state index contributed by atoms with van der Waals surface area (Å²) in [4.78, 5) is 10.4. The highest BCUT2D eigenvalue weighted by atomic mass is 35.5. The number of rotatable bonds is 2. The second-order valence-corrected chi connectivity index (χ2v) is 3.38. The van der Waals surface area contributed by atoms with Gasteiger partial charge in [-0.15, -0.1) is 0 Å². The molecule has 0 fully saturated rings. The number of benzene rings is 1. The topological polar surface area (TPSA) is 50.4 Å². The van der Waals surface area contributed by atoms with E-state index in [0.29, 0.717) is 10.6 Å². The van der Waals surface area contributed by atoms with Crippen molar-refractivity contribution in [2.75, 3.05) is 0 Å². The molecule has 0 spiro atoms. The van der Waals surface area contributed by atoms with Crippen molar-refractivity contribution in [1.82, 2.24) is 0 Å². The van der Waals surface area contributed by atoms with E-state index < -0.39 is 5.97 Å². The summed E-state index contributed by atoms with van der Waals surface area (Å²) in [6.07, 6.45) is 4.11. The summed E-state index contributed by atoms with van der Waals surface area (Å²) in [5.41, 5.74) is 1.34. The molecule has 2 aromatic rings. The molecule has 0 bridgehead atoms. The van der Waals surface area contributed by atoms with E-state index in [1.54, 1.807) is 18.2 Å². The molecule has 0 atom stereocenters. The van der Waals surface area contributed by atoms with Gasteiger partial charge in [0.1, 0.15) is 0 Å². The van der Waals surface area contributed by atoms with Gasteiger partial charge >= 0.3 is 5.97 Å². The van der Waals surface area contributed by atoms with Gasteiger partial charge in [-0.3, -0.25) is 0 Å². The van der Waals surface area contributed by atoms with Crippen molar-refractivity contribution in [3.8, 4) is 0 Å². The van der Waals surface area contributed by atoms with E-state index in [2.05, 4.69) is 0 Å². The van der Waals surface area contributed by atoms with Crippen LogP contribution in [-0.2, 0) is 4.79 Å². The van der Waals surface area contributed by atoms with Crippen LogP contribution in [0.5, 0.6) is 0 Å². The smallest absolute Gasteiger partial charge is 0.328 e. The number of hydrogen-bond acceptors (Lipinski definition) is 2. The zero-order valence-corrected chi connectivity index (χ0v) is 8.36. The number of fused-ring (bicyclic) bond motifs is 1. The van der Waals surface area contributed by atoms with E-state index in [1.165, 1.54) is 12.3 Å². The Kier molecular flexibility index (Phi) is 2.47. The average molecular weight is 223 g/mol. The molecular weight excluding hydrogens is 216 g/mol. The van der Waals surface area contributed by atoms with Crippen LogP contribution < -0.4 is 0 Å². The van der Waals surface area contributed by atoms with Gasteiger partial charge in [-0.05, 0) is 23.8 Å². The van der Waals surface area contributed by atoms with Gasteiger partial charge in [-0.25, -0.2) is 4.79 Å². The molecule has 0 aliphatic rings. The monoisotopic (exact) mass is 222 g/mol. The van der Waals surface area contributed by atoms with E-state index in [4.69, 9.17) is 21.1 Å². The fourth-order valence-electron chi connectivity index (χ4n) is 1.36. The van der Waals surface area contributed by atoms with E-state index in [0.717, 1.165) is 17.0 Å². The lowest BCUT2D eigenvalue weighted by Crippen LogP contribution is -1.85. The fraction of sp³-hybridized carbons (Fsp3) is 0. The summed E-state index contributed by atoms with van der Waals surface area (Å²) in [5, 5.41) is 9.84. The summed E-state index contributed by atoms with van der Waals surface area (Å²) >= 11 is 5.90. The van der Waals surface area contributed by atoms with E-state index in [9.17, 15) is 4.79 Å². The highest BCUT2D eigenvalue weighted by Gasteiger charge is 2.05. The molecule has 0 aliphatic carbocycles. The lowest BCUT2D eigenvalue weighted by Gasteiger charge is -1.97. The minimum absolute atomic E-state index is 0.516. The van der Waals surface area contributed by atoms with Gasteiger partial charge in [0.25, 0.3) is 0 Å². The largest absolute Gasteiger partial charge is 0.478 e. The van der Waals surface area contributed by atoms with Crippen LogP contribution in [0.4, 0.5) is 0 Å². The van der Waals surface area contributed by atoms with Gasteiger partial charge in [-0.1, -0.05) is 17.7 Å². The third kappa shape index (κ3) is 1.87. The maximum atomic E-state index is 10.4. The predicted octanol–water partition coefficient (Wildman–Crippen LogP) is 3.18. The molecule has 1 N–H and O–H groups in total. The Bertz CT molecular complexity index is 540. The standard InChI is InChI=1S/C11H7ClO3/c12-9-3-1-7(2-4-10(13)14)8-5-6-15-11(8)9/h1-6H,(H,13,14)/b4-2+. The third-order valence-corrected chi connectivity index (χ3v) is 2.31. The van der Waals surface area contributed by atoms with Crippen molar-refractivity contribution in [3.05, 3.63) is 41.1 Å². The molecule has 1 heterocycles. The van der Waals surface area contributed by atoms with E-state index in [-0.39, 0.29) is 0 Å². The first-order valence-electron chi connectivity index (χ1n) is 4.25. The average Bonchev–Trinajstić information content (AvgIpc) is 2.66. The van der Waals surface area contributed by atoms with Crippen molar-refractivity contribution in [1.29, 1.82) is 0 Å². The Morgan fingerprint density at radius 2 is 2.20 bits per heavy atom. The molecule has 15 heavy (non-hydrogen) atoms. The van der Waals surface area contributed by atoms with Crippen LogP contribution in [0.2, 0.25) is 5.02 Å². The van der Waals surface area contributed by atoms with Crippen molar-refractivity contribution in [3.63, 3.8) is 0 Å². The van der Waals surface area contributed by atoms with Gasteiger partial charge < -0.3 is 9.52 Å². The predicted molar refractivity (Wildman–Crippen MR) is 57.9 cm³/mol. The highest BCUT2D eigenvalue weighted by Crippen LogP contribution is 2.28. The second-order valence-electron chi connectivity index (χ2n) is 2.97. The van der Waals surface area contributed by atoms with Crippen LogP contribution in [0.15, 0.2) is 35.0 Å². The summed E-state index contributed by atoms with van der Waals surface area (Å²) in [7, 11) is 0. The minimum Gasteiger partial charge on any atom is -0.478 e. The molecule has 4 heteroatoms. The zero-order chi connectivity index (χ0) is 10.8. The molecule has 1 aromatic carbocycles. The van der Waals surface area contributed by atoms with E-state index in [1.807, 2.05) is 0 Å². The molecule has 0 radical (unpaired) electrons. The van der Waals surface area contributed by atoms with Crippen molar-refractivity contribution in [2.24, 2.45) is 0 Å². The highest BCUT2D eigenvalue weighted by molar-refractivity contribution is 6.35. The lowest BCUT2D eigenvalue weighted by atomic mass is 10.1. The number of carbonyl (C=O) groups is 1. The second kappa shape index (κ2) is 3.79.